The minimum absolute atomic E-state index is 0.0793. The fourth-order valence-corrected chi connectivity index (χ4v) is 4.02. The Kier molecular flexibility index (Phi) is 5.06. The zero-order chi connectivity index (χ0) is 20.7. The maximum atomic E-state index is 14.2. The molecule has 3 aromatic rings. The molecule has 0 saturated carbocycles. The van der Waals surface area contributed by atoms with E-state index in [1.807, 2.05) is 0 Å². The second-order valence-corrected chi connectivity index (χ2v) is 8.49. The van der Waals surface area contributed by atoms with E-state index < -0.39 is 37.5 Å². The van der Waals surface area contributed by atoms with E-state index in [1.165, 1.54) is 23.6 Å². The van der Waals surface area contributed by atoms with E-state index >= 15 is 0 Å². The van der Waals surface area contributed by atoms with Crippen molar-refractivity contribution in [3.05, 3.63) is 63.3 Å². The van der Waals surface area contributed by atoms with E-state index in [1.54, 1.807) is 0 Å². The number of thiazole rings is 1. The van der Waals surface area contributed by atoms with Crippen LogP contribution in [0, 0.1) is 5.82 Å². The summed E-state index contributed by atoms with van der Waals surface area (Å²) in [5.74, 6) is -1.52. The summed E-state index contributed by atoms with van der Waals surface area (Å²) in [5.41, 5.74) is 0.458. The first kappa shape index (κ1) is 20.1. The molecule has 0 radical (unpaired) electrons. The van der Waals surface area contributed by atoms with Gasteiger partial charge in [-0.25, -0.2) is 12.8 Å². The normalized spacial score (nSPS) is 12.2. The first-order valence-corrected chi connectivity index (χ1v) is 10.3. The standard InChI is InChI=1S/C17H11F4NO4S2/c1-28(24,25)15-6-5-10(7-13(15)18)14-9-27-16(23)22(14)11-3-2-4-12(8-11)26-17(19,20)21/h2-9H,1H3. The predicted octanol–water partition coefficient (Wildman–Crippen LogP) is 4.01. The van der Waals surface area contributed by atoms with Crippen molar-refractivity contribution in [2.24, 2.45) is 0 Å². The highest BCUT2D eigenvalue weighted by Crippen LogP contribution is 2.29. The van der Waals surface area contributed by atoms with Crippen LogP contribution in [0.5, 0.6) is 5.75 Å². The van der Waals surface area contributed by atoms with Gasteiger partial charge in [0.15, 0.2) is 9.84 Å². The molecule has 2 aromatic carbocycles. The van der Waals surface area contributed by atoms with Crippen LogP contribution in [0.25, 0.3) is 16.9 Å². The second-order valence-electron chi connectivity index (χ2n) is 5.68. The number of alkyl halides is 3. The van der Waals surface area contributed by atoms with E-state index in [-0.39, 0.29) is 16.9 Å². The highest BCUT2D eigenvalue weighted by molar-refractivity contribution is 7.90. The number of hydrogen-bond acceptors (Lipinski definition) is 5. The zero-order valence-corrected chi connectivity index (χ0v) is 15.7. The highest BCUT2D eigenvalue weighted by atomic mass is 32.2. The Morgan fingerprint density at radius 2 is 1.82 bits per heavy atom. The van der Waals surface area contributed by atoms with Gasteiger partial charge in [0.2, 0.25) is 0 Å². The molecule has 0 aliphatic heterocycles. The number of benzene rings is 2. The summed E-state index contributed by atoms with van der Waals surface area (Å²) in [5, 5.41) is 1.40. The van der Waals surface area contributed by atoms with Crippen LogP contribution in [-0.2, 0) is 9.84 Å². The molecule has 0 aliphatic carbocycles. The van der Waals surface area contributed by atoms with Gasteiger partial charge < -0.3 is 4.74 Å². The molecule has 11 heteroatoms. The van der Waals surface area contributed by atoms with Crippen molar-refractivity contribution in [3.8, 4) is 22.7 Å². The lowest BCUT2D eigenvalue weighted by Gasteiger charge is -2.12. The molecular formula is C17H11F4NO4S2. The summed E-state index contributed by atoms with van der Waals surface area (Å²) in [7, 11) is -3.78. The minimum Gasteiger partial charge on any atom is -0.406 e. The number of rotatable bonds is 4. The van der Waals surface area contributed by atoms with E-state index in [2.05, 4.69) is 4.74 Å². The van der Waals surface area contributed by atoms with Crippen LogP contribution in [0.15, 0.2) is 57.5 Å². The van der Waals surface area contributed by atoms with Crippen molar-refractivity contribution in [2.75, 3.05) is 6.26 Å². The molecule has 1 heterocycles. The molecule has 0 aliphatic rings. The molecule has 0 saturated heterocycles. The van der Waals surface area contributed by atoms with E-state index in [9.17, 15) is 30.8 Å². The van der Waals surface area contributed by atoms with Crippen LogP contribution in [0.1, 0.15) is 0 Å². The zero-order valence-electron chi connectivity index (χ0n) is 14.0. The number of aromatic nitrogens is 1. The van der Waals surface area contributed by atoms with Crippen LogP contribution in [0.3, 0.4) is 0 Å². The average molecular weight is 433 g/mol. The molecule has 0 unspecified atom stereocenters. The molecule has 0 fully saturated rings. The third-order valence-corrected chi connectivity index (χ3v) is 5.49. The molecule has 0 amide bonds. The van der Waals surface area contributed by atoms with Crippen LogP contribution < -0.4 is 9.61 Å². The number of hydrogen-bond donors (Lipinski definition) is 0. The molecule has 1 aromatic heterocycles. The first-order chi connectivity index (χ1) is 13.0. The first-order valence-electron chi connectivity index (χ1n) is 7.52. The average Bonchev–Trinajstić information content (AvgIpc) is 2.94. The Hall–Kier alpha value is -2.66. The molecule has 0 bridgehead atoms. The van der Waals surface area contributed by atoms with Gasteiger partial charge in [0.05, 0.1) is 11.4 Å². The number of halogens is 4. The van der Waals surface area contributed by atoms with Crippen LogP contribution in [0.2, 0.25) is 0 Å². The number of nitrogens with zero attached hydrogens (tertiary/aromatic N) is 1. The SMILES string of the molecule is CS(=O)(=O)c1ccc(-c2csc(=O)n2-c2cccc(OC(F)(F)F)c2)cc1F. The van der Waals surface area contributed by atoms with Gasteiger partial charge in [-0.1, -0.05) is 23.5 Å². The van der Waals surface area contributed by atoms with Gasteiger partial charge in [0, 0.05) is 23.3 Å². The molecule has 0 spiro atoms. The molecule has 3 rings (SSSR count). The molecule has 0 atom stereocenters. The lowest BCUT2D eigenvalue weighted by Crippen LogP contribution is -2.18. The van der Waals surface area contributed by atoms with E-state index in [0.717, 1.165) is 46.4 Å². The summed E-state index contributed by atoms with van der Waals surface area (Å²) in [6.07, 6.45) is -4.04. The van der Waals surface area contributed by atoms with Crippen LogP contribution in [0.4, 0.5) is 17.6 Å². The number of ether oxygens (including phenoxy) is 1. The summed E-state index contributed by atoms with van der Waals surface area (Å²) < 4.78 is 79.6. The molecular weight excluding hydrogens is 422 g/mol. The van der Waals surface area contributed by atoms with Gasteiger partial charge in [-0.05, 0) is 24.3 Å². The Bertz CT molecular complexity index is 1200. The fourth-order valence-electron chi connectivity index (χ4n) is 2.53. The monoisotopic (exact) mass is 433 g/mol. The third-order valence-electron chi connectivity index (χ3n) is 3.63. The smallest absolute Gasteiger partial charge is 0.406 e. The van der Waals surface area contributed by atoms with Crippen molar-refractivity contribution in [2.45, 2.75) is 11.3 Å². The predicted molar refractivity (Wildman–Crippen MR) is 95.1 cm³/mol. The quantitative estimate of drug-likeness (QED) is 0.584. The Labute approximate surface area is 160 Å². The van der Waals surface area contributed by atoms with Gasteiger partial charge in [-0.15, -0.1) is 13.2 Å². The molecule has 28 heavy (non-hydrogen) atoms. The lowest BCUT2D eigenvalue weighted by atomic mass is 10.1. The van der Waals surface area contributed by atoms with Gasteiger partial charge in [-0.3, -0.25) is 9.36 Å². The summed E-state index contributed by atoms with van der Waals surface area (Å²) in [6, 6.07) is 8.09. The Morgan fingerprint density at radius 3 is 2.43 bits per heavy atom. The maximum Gasteiger partial charge on any atom is 0.573 e. The molecule has 148 valence electrons. The van der Waals surface area contributed by atoms with E-state index in [4.69, 9.17) is 0 Å². The van der Waals surface area contributed by atoms with Crippen molar-refractivity contribution in [1.29, 1.82) is 0 Å². The van der Waals surface area contributed by atoms with Crippen molar-refractivity contribution in [1.82, 2.24) is 4.57 Å². The highest BCUT2D eigenvalue weighted by Gasteiger charge is 2.31. The largest absolute Gasteiger partial charge is 0.573 e. The second kappa shape index (κ2) is 7.06. The van der Waals surface area contributed by atoms with Gasteiger partial charge in [0.1, 0.15) is 16.5 Å². The van der Waals surface area contributed by atoms with Crippen LogP contribution >= 0.6 is 11.3 Å². The fraction of sp³-hybridized carbons (Fsp3) is 0.118. The van der Waals surface area contributed by atoms with Crippen molar-refractivity contribution >= 4 is 21.2 Å². The third kappa shape index (κ3) is 4.25. The molecule has 0 N–H and O–H groups in total. The summed E-state index contributed by atoms with van der Waals surface area (Å²) in [4.78, 5) is 11.2. The maximum absolute atomic E-state index is 14.2. The Balaban J connectivity index is 2.11. The summed E-state index contributed by atoms with van der Waals surface area (Å²) in [6.45, 7) is 0. The lowest BCUT2D eigenvalue weighted by molar-refractivity contribution is -0.274. The topological polar surface area (TPSA) is 65.4 Å². The van der Waals surface area contributed by atoms with Crippen molar-refractivity contribution in [3.63, 3.8) is 0 Å². The molecule has 5 nitrogen and oxygen atoms in total. The van der Waals surface area contributed by atoms with E-state index in [0.29, 0.717) is 0 Å². The van der Waals surface area contributed by atoms with Crippen molar-refractivity contribution < 1.29 is 30.7 Å². The number of sulfone groups is 1. The minimum atomic E-state index is -4.90. The Morgan fingerprint density at radius 1 is 1.11 bits per heavy atom. The van der Waals surface area contributed by atoms with Gasteiger partial charge >= 0.3 is 11.2 Å². The van der Waals surface area contributed by atoms with Gasteiger partial charge in [0.25, 0.3) is 0 Å². The summed E-state index contributed by atoms with van der Waals surface area (Å²) >= 11 is 0.759. The van der Waals surface area contributed by atoms with Crippen LogP contribution in [-0.4, -0.2) is 25.6 Å². The van der Waals surface area contributed by atoms with Gasteiger partial charge in [-0.2, -0.15) is 0 Å².